The molecule has 1 fully saturated rings. The largest absolute Gasteiger partial charge is 0.367 e. The second kappa shape index (κ2) is 5.43. The Morgan fingerprint density at radius 1 is 1.15 bits per heavy atom. The molecule has 0 aliphatic heterocycles. The van der Waals surface area contributed by atoms with Gasteiger partial charge >= 0.3 is 0 Å². The lowest BCUT2D eigenvalue weighted by molar-refractivity contribution is 0.276. The normalized spacial score (nSPS) is 26.6. The number of hydrogen-bond donors (Lipinski definition) is 1. The molecule has 3 rings (SSSR count). The molecule has 1 aromatic heterocycles. The molecule has 0 amide bonds. The lowest BCUT2D eigenvalue weighted by Gasteiger charge is -2.33. The molecule has 0 bridgehead atoms. The number of rotatable bonds is 2. The van der Waals surface area contributed by atoms with Crippen LogP contribution in [0.3, 0.4) is 0 Å². The summed E-state index contributed by atoms with van der Waals surface area (Å²) >= 11 is 0. The van der Waals surface area contributed by atoms with E-state index in [1.54, 1.807) is 0 Å². The molecule has 1 saturated carbocycles. The van der Waals surface area contributed by atoms with Crippen LogP contribution >= 0.6 is 0 Å². The average molecular weight is 268 g/mol. The molecule has 3 atom stereocenters. The number of nitrogens with zero attached hydrogens (tertiary/aromatic N) is 1. The summed E-state index contributed by atoms with van der Waals surface area (Å²) in [5.74, 6) is 2.66. The number of aromatic nitrogens is 1. The smallest absolute Gasteiger partial charge is 0.129 e. The molecule has 1 heterocycles. The number of anilines is 1. The molecular formula is C18H24N2. The number of nitrogens with one attached hydrogen (secondary N) is 1. The summed E-state index contributed by atoms with van der Waals surface area (Å²) in [4.78, 5) is 4.81. The maximum Gasteiger partial charge on any atom is 0.129 e. The lowest BCUT2D eigenvalue weighted by atomic mass is 9.80. The van der Waals surface area contributed by atoms with Gasteiger partial charge in [0.05, 0.1) is 5.52 Å². The number of pyridine rings is 1. The van der Waals surface area contributed by atoms with Crippen LogP contribution in [0.5, 0.6) is 0 Å². The van der Waals surface area contributed by atoms with Gasteiger partial charge in [0.25, 0.3) is 0 Å². The lowest BCUT2D eigenvalue weighted by Crippen LogP contribution is -2.33. The first-order chi connectivity index (χ1) is 9.63. The Labute approximate surface area is 121 Å². The van der Waals surface area contributed by atoms with Gasteiger partial charge in [-0.25, -0.2) is 4.98 Å². The second-order valence-electron chi connectivity index (χ2n) is 6.49. The quantitative estimate of drug-likeness (QED) is 0.847. The second-order valence-corrected chi connectivity index (χ2v) is 6.49. The molecule has 1 aliphatic rings. The molecule has 106 valence electrons. The average Bonchev–Trinajstić information content (AvgIpc) is 2.42. The van der Waals surface area contributed by atoms with Gasteiger partial charge in [-0.2, -0.15) is 0 Å². The molecule has 0 saturated heterocycles. The van der Waals surface area contributed by atoms with E-state index in [9.17, 15) is 0 Å². The first-order valence-electron chi connectivity index (χ1n) is 7.76. The van der Waals surface area contributed by atoms with Gasteiger partial charge in [-0.15, -0.1) is 0 Å². The summed E-state index contributed by atoms with van der Waals surface area (Å²) in [6.07, 6.45) is 3.91. The Bertz CT molecular complexity index is 605. The van der Waals surface area contributed by atoms with Crippen molar-refractivity contribution in [2.45, 2.75) is 46.1 Å². The summed E-state index contributed by atoms with van der Waals surface area (Å²) in [6.45, 7) is 6.88. The number of fused-ring (bicyclic) bond motifs is 1. The molecular weight excluding hydrogens is 244 g/mol. The van der Waals surface area contributed by atoms with Crippen molar-refractivity contribution in [2.24, 2.45) is 11.8 Å². The van der Waals surface area contributed by atoms with Gasteiger partial charge in [-0.05, 0) is 55.7 Å². The van der Waals surface area contributed by atoms with Crippen LogP contribution in [-0.2, 0) is 0 Å². The van der Waals surface area contributed by atoms with Crippen molar-refractivity contribution < 1.29 is 0 Å². The number of benzene rings is 1. The van der Waals surface area contributed by atoms with Crippen molar-refractivity contribution in [3.63, 3.8) is 0 Å². The zero-order chi connectivity index (χ0) is 14.1. The Balaban J connectivity index is 1.85. The SMILES string of the molecule is Cc1cc2ccccc2nc1NC1CCC(C)CC1C. The molecule has 3 unspecified atom stereocenters. The van der Waals surface area contributed by atoms with E-state index in [2.05, 4.69) is 56.4 Å². The van der Waals surface area contributed by atoms with Crippen LogP contribution in [0.25, 0.3) is 10.9 Å². The minimum atomic E-state index is 0.568. The zero-order valence-electron chi connectivity index (χ0n) is 12.7. The van der Waals surface area contributed by atoms with Gasteiger partial charge in [0.1, 0.15) is 5.82 Å². The van der Waals surface area contributed by atoms with Crippen LogP contribution < -0.4 is 5.32 Å². The molecule has 1 aliphatic carbocycles. The minimum absolute atomic E-state index is 0.568. The van der Waals surface area contributed by atoms with Crippen molar-refractivity contribution in [1.29, 1.82) is 0 Å². The zero-order valence-corrected chi connectivity index (χ0v) is 12.7. The maximum absolute atomic E-state index is 4.81. The van der Waals surface area contributed by atoms with Gasteiger partial charge in [-0.1, -0.05) is 32.0 Å². The highest BCUT2D eigenvalue weighted by Crippen LogP contribution is 2.31. The molecule has 2 heteroatoms. The summed E-state index contributed by atoms with van der Waals surface area (Å²) in [5, 5.41) is 4.92. The van der Waals surface area contributed by atoms with Gasteiger partial charge in [0.2, 0.25) is 0 Å². The first kappa shape index (κ1) is 13.4. The van der Waals surface area contributed by atoms with Crippen LogP contribution in [0.15, 0.2) is 30.3 Å². The molecule has 1 aromatic carbocycles. The van der Waals surface area contributed by atoms with E-state index in [4.69, 9.17) is 4.98 Å². The van der Waals surface area contributed by atoms with Gasteiger partial charge in [0, 0.05) is 11.4 Å². The van der Waals surface area contributed by atoms with Crippen molar-refractivity contribution in [1.82, 2.24) is 4.98 Å². The van der Waals surface area contributed by atoms with E-state index in [0.717, 1.165) is 23.2 Å². The van der Waals surface area contributed by atoms with Crippen molar-refractivity contribution in [3.05, 3.63) is 35.9 Å². The fraction of sp³-hybridized carbons (Fsp3) is 0.500. The third-order valence-electron chi connectivity index (χ3n) is 4.67. The summed E-state index contributed by atoms with van der Waals surface area (Å²) in [6, 6.07) is 11.1. The molecule has 0 spiro atoms. The minimum Gasteiger partial charge on any atom is -0.367 e. The van der Waals surface area contributed by atoms with E-state index in [0.29, 0.717) is 6.04 Å². The topological polar surface area (TPSA) is 24.9 Å². The van der Waals surface area contributed by atoms with Crippen molar-refractivity contribution >= 4 is 16.7 Å². The Hall–Kier alpha value is -1.57. The predicted octanol–water partition coefficient (Wildman–Crippen LogP) is 4.78. The summed E-state index contributed by atoms with van der Waals surface area (Å²) in [7, 11) is 0. The van der Waals surface area contributed by atoms with Crippen molar-refractivity contribution in [2.75, 3.05) is 5.32 Å². The number of hydrogen-bond acceptors (Lipinski definition) is 2. The van der Waals surface area contributed by atoms with E-state index < -0.39 is 0 Å². The van der Waals surface area contributed by atoms with Gasteiger partial charge in [-0.3, -0.25) is 0 Å². The highest BCUT2D eigenvalue weighted by molar-refractivity contribution is 5.81. The van der Waals surface area contributed by atoms with Crippen LogP contribution in [0, 0.1) is 18.8 Å². The number of para-hydroxylation sites is 1. The molecule has 2 nitrogen and oxygen atoms in total. The van der Waals surface area contributed by atoms with Gasteiger partial charge < -0.3 is 5.32 Å². The van der Waals surface area contributed by atoms with E-state index in [-0.39, 0.29) is 0 Å². The third kappa shape index (κ3) is 2.65. The summed E-state index contributed by atoms with van der Waals surface area (Å²) < 4.78 is 0. The first-order valence-corrected chi connectivity index (χ1v) is 7.76. The van der Waals surface area contributed by atoms with E-state index >= 15 is 0 Å². The number of aryl methyl sites for hydroxylation is 1. The van der Waals surface area contributed by atoms with Crippen LogP contribution in [0.4, 0.5) is 5.82 Å². The highest BCUT2D eigenvalue weighted by atomic mass is 15.0. The molecule has 20 heavy (non-hydrogen) atoms. The Kier molecular flexibility index (Phi) is 3.64. The Morgan fingerprint density at radius 3 is 2.75 bits per heavy atom. The van der Waals surface area contributed by atoms with Gasteiger partial charge in [0.15, 0.2) is 0 Å². The van der Waals surface area contributed by atoms with E-state index in [1.165, 1.54) is 30.2 Å². The summed E-state index contributed by atoms with van der Waals surface area (Å²) in [5.41, 5.74) is 2.33. The van der Waals surface area contributed by atoms with Crippen molar-refractivity contribution in [3.8, 4) is 0 Å². The molecule has 2 aromatic rings. The fourth-order valence-electron chi connectivity index (χ4n) is 3.42. The predicted molar refractivity (Wildman–Crippen MR) is 86.1 cm³/mol. The van der Waals surface area contributed by atoms with Crippen LogP contribution in [-0.4, -0.2) is 11.0 Å². The standard InChI is InChI=1S/C18H24N2/c1-12-8-9-16(13(2)10-12)19-18-14(3)11-15-6-4-5-7-17(15)20-18/h4-7,11-13,16H,8-10H2,1-3H3,(H,19,20). The van der Waals surface area contributed by atoms with E-state index in [1.807, 2.05) is 0 Å². The Morgan fingerprint density at radius 2 is 1.95 bits per heavy atom. The van der Waals surface area contributed by atoms with Crippen LogP contribution in [0.1, 0.15) is 38.7 Å². The third-order valence-corrected chi connectivity index (χ3v) is 4.67. The molecule has 0 radical (unpaired) electrons. The fourth-order valence-corrected chi connectivity index (χ4v) is 3.42. The monoisotopic (exact) mass is 268 g/mol. The maximum atomic E-state index is 4.81. The highest BCUT2D eigenvalue weighted by Gasteiger charge is 2.25. The van der Waals surface area contributed by atoms with Crippen LogP contribution in [0.2, 0.25) is 0 Å². The molecule has 1 N–H and O–H groups in total.